The first-order valence-corrected chi connectivity index (χ1v) is 6.68. The molecule has 116 valence electrons. The minimum absolute atomic E-state index is 0.140. The molecule has 0 radical (unpaired) electrons. The van der Waals surface area contributed by atoms with Crippen LogP contribution in [0.1, 0.15) is 20.8 Å². The van der Waals surface area contributed by atoms with Gasteiger partial charge in [-0.3, -0.25) is 9.59 Å². The third kappa shape index (κ3) is 3.33. The van der Waals surface area contributed by atoms with Gasteiger partial charge < -0.3 is 14.2 Å². The molecule has 0 spiro atoms. The van der Waals surface area contributed by atoms with Crippen LogP contribution in [0.25, 0.3) is 10.8 Å². The van der Waals surface area contributed by atoms with Crippen LogP contribution in [0.5, 0.6) is 17.2 Å². The molecular weight excluding hydrogens is 291 g/mol. The largest absolute Gasteiger partial charge is 0.490 e. The predicted octanol–water partition coefficient (Wildman–Crippen LogP) is 3.23. The highest BCUT2D eigenvalue weighted by Crippen LogP contribution is 2.42. The molecule has 2 rings (SSSR count). The highest BCUT2D eigenvalue weighted by atomic mass is 19.1. The van der Waals surface area contributed by atoms with Crippen molar-refractivity contribution in [3.63, 3.8) is 0 Å². The van der Waals surface area contributed by atoms with Gasteiger partial charge in [-0.25, -0.2) is 4.39 Å². The third-order valence-corrected chi connectivity index (χ3v) is 2.78. The van der Waals surface area contributed by atoms with Crippen LogP contribution in [0.15, 0.2) is 24.3 Å². The maximum atomic E-state index is 13.5. The van der Waals surface area contributed by atoms with Crippen LogP contribution >= 0.6 is 0 Å². The van der Waals surface area contributed by atoms with E-state index in [1.165, 1.54) is 38.1 Å². The van der Waals surface area contributed by atoms with Crippen LogP contribution in [0.3, 0.4) is 0 Å². The number of hydrogen-bond donors (Lipinski definition) is 0. The van der Waals surface area contributed by atoms with Crippen molar-refractivity contribution >= 4 is 22.7 Å². The van der Waals surface area contributed by atoms with Crippen molar-refractivity contribution in [3.8, 4) is 17.2 Å². The van der Waals surface area contributed by atoms with Gasteiger partial charge in [-0.05, 0) is 25.1 Å². The lowest BCUT2D eigenvalue weighted by Gasteiger charge is -2.15. The number of halogens is 1. The molecule has 0 fully saturated rings. The highest BCUT2D eigenvalue weighted by molar-refractivity contribution is 5.98. The first kappa shape index (κ1) is 15.8. The average molecular weight is 306 g/mol. The van der Waals surface area contributed by atoms with Crippen LogP contribution < -0.4 is 14.2 Å². The molecule has 0 heterocycles. The predicted molar refractivity (Wildman–Crippen MR) is 77.7 cm³/mol. The second kappa shape index (κ2) is 6.43. The molecule has 5 nitrogen and oxygen atoms in total. The summed E-state index contributed by atoms with van der Waals surface area (Å²) in [5, 5.41) is 0.730. The first-order valence-electron chi connectivity index (χ1n) is 6.68. The van der Waals surface area contributed by atoms with E-state index in [1.54, 1.807) is 6.92 Å². The van der Waals surface area contributed by atoms with Gasteiger partial charge in [0, 0.05) is 30.7 Å². The summed E-state index contributed by atoms with van der Waals surface area (Å²) >= 11 is 0. The summed E-state index contributed by atoms with van der Waals surface area (Å²) in [6, 6.07) is 5.28. The van der Waals surface area contributed by atoms with E-state index in [-0.39, 0.29) is 17.2 Å². The summed E-state index contributed by atoms with van der Waals surface area (Å²) in [6.07, 6.45) is 0. The molecular formula is C16H15FO5. The molecule has 0 aromatic heterocycles. The Hall–Kier alpha value is -2.63. The van der Waals surface area contributed by atoms with Crippen molar-refractivity contribution in [1.29, 1.82) is 0 Å². The fourth-order valence-corrected chi connectivity index (χ4v) is 2.06. The zero-order valence-electron chi connectivity index (χ0n) is 12.4. The molecule has 0 atom stereocenters. The van der Waals surface area contributed by atoms with Gasteiger partial charge >= 0.3 is 11.9 Å². The van der Waals surface area contributed by atoms with Crippen LogP contribution in [-0.4, -0.2) is 18.5 Å². The number of hydrogen-bond acceptors (Lipinski definition) is 5. The second-order valence-corrected chi connectivity index (χ2v) is 4.51. The molecule has 0 unspecified atom stereocenters. The third-order valence-electron chi connectivity index (χ3n) is 2.78. The monoisotopic (exact) mass is 306 g/mol. The minimum Gasteiger partial charge on any atom is -0.490 e. The van der Waals surface area contributed by atoms with E-state index in [1.807, 2.05) is 0 Å². The molecule has 2 aromatic rings. The lowest BCUT2D eigenvalue weighted by Crippen LogP contribution is -2.07. The Balaban J connectivity index is 2.76. The molecule has 0 aliphatic rings. The molecule has 0 aliphatic carbocycles. The lowest BCUT2D eigenvalue weighted by atomic mass is 10.1. The Kier molecular flexibility index (Phi) is 4.60. The normalized spacial score (nSPS) is 10.4. The minimum atomic E-state index is -0.548. The van der Waals surface area contributed by atoms with Crippen LogP contribution in [0.2, 0.25) is 0 Å². The van der Waals surface area contributed by atoms with Crippen molar-refractivity contribution in [3.05, 3.63) is 30.1 Å². The first-order chi connectivity index (χ1) is 10.4. The summed E-state index contributed by atoms with van der Waals surface area (Å²) in [6.45, 7) is 4.58. The number of rotatable bonds is 4. The fraction of sp³-hybridized carbons (Fsp3) is 0.250. The Labute approximate surface area is 126 Å². The Morgan fingerprint density at radius 2 is 1.68 bits per heavy atom. The van der Waals surface area contributed by atoms with E-state index in [0.29, 0.717) is 17.4 Å². The number of esters is 2. The molecule has 0 aliphatic heterocycles. The number of benzene rings is 2. The van der Waals surface area contributed by atoms with Gasteiger partial charge in [-0.1, -0.05) is 0 Å². The number of carbonyl (C=O) groups excluding carboxylic acids is 2. The molecule has 6 heteroatoms. The molecule has 2 aromatic carbocycles. The SMILES string of the molecule is CCOc1cc(OC(C)=O)c2cc(F)ccc2c1OC(C)=O. The Bertz CT molecular complexity index is 739. The Morgan fingerprint density at radius 3 is 2.27 bits per heavy atom. The smallest absolute Gasteiger partial charge is 0.308 e. The van der Waals surface area contributed by atoms with E-state index in [4.69, 9.17) is 14.2 Å². The van der Waals surface area contributed by atoms with E-state index >= 15 is 0 Å². The quantitative estimate of drug-likeness (QED) is 0.641. The van der Waals surface area contributed by atoms with Gasteiger partial charge in [0.1, 0.15) is 11.6 Å². The van der Waals surface area contributed by atoms with Gasteiger partial charge in [-0.2, -0.15) is 0 Å². The lowest BCUT2D eigenvalue weighted by molar-refractivity contribution is -0.133. The van der Waals surface area contributed by atoms with Gasteiger partial charge in [-0.15, -0.1) is 0 Å². The van der Waals surface area contributed by atoms with Crippen molar-refractivity contribution < 1.29 is 28.2 Å². The molecule has 0 N–H and O–H groups in total. The van der Waals surface area contributed by atoms with Crippen molar-refractivity contribution in [1.82, 2.24) is 0 Å². The van der Waals surface area contributed by atoms with E-state index in [0.717, 1.165) is 0 Å². The van der Waals surface area contributed by atoms with E-state index < -0.39 is 17.8 Å². The van der Waals surface area contributed by atoms with Crippen molar-refractivity contribution in [2.45, 2.75) is 20.8 Å². The van der Waals surface area contributed by atoms with Crippen LogP contribution in [-0.2, 0) is 9.59 Å². The van der Waals surface area contributed by atoms with Crippen LogP contribution in [0, 0.1) is 5.82 Å². The topological polar surface area (TPSA) is 61.8 Å². The molecule has 0 bridgehead atoms. The van der Waals surface area contributed by atoms with E-state index in [9.17, 15) is 14.0 Å². The maximum Gasteiger partial charge on any atom is 0.308 e. The maximum absolute atomic E-state index is 13.5. The number of ether oxygens (including phenoxy) is 3. The van der Waals surface area contributed by atoms with E-state index in [2.05, 4.69) is 0 Å². The van der Waals surface area contributed by atoms with Gasteiger partial charge in [0.2, 0.25) is 0 Å². The zero-order chi connectivity index (χ0) is 16.3. The zero-order valence-corrected chi connectivity index (χ0v) is 12.4. The molecule has 0 amide bonds. The average Bonchev–Trinajstić information content (AvgIpc) is 2.42. The summed E-state index contributed by atoms with van der Waals surface area (Å²) in [4.78, 5) is 22.5. The number of carbonyl (C=O) groups is 2. The van der Waals surface area contributed by atoms with Gasteiger partial charge in [0.15, 0.2) is 11.5 Å². The summed E-state index contributed by atoms with van der Waals surface area (Å²) < 4.78 is 29.2. The Morgan fingerprint density at radius 1 is 1.00 bits per heavy atom. The number of fused-ring (bicyclic) bond motifs is 1. The van der Waals surface area contributed by atoms with Crippen LogP contribution in [0.4, 0.5) is 4.39 Å². The standard InChI is InChI=1S/C16H15FO5/c1-4-20-15-8-14(21-9(2)18)13-7-11(17)5-6-12(13)16(15)22-10(3)19/h5-8H,4H2,1-3H3. The van der Waals surface area contributed by atoms with Crippen molar-refractivity contribution in [2.24, 2.45) is 0 Å². The van der Waals surface area contributed by atoms with Gasteiger partial charge in [0.25, 0.3) is 0 Å². The second-order valence-electron chi connectivity index (χ2n) is 4.51. The molecule has 0 saturated carbocycles. The summed E-state index contributed by atoms with van der Waals surface area (Å²) in [5.74, 6) is -1.03. The molecule has 22 heavy (non-hydrogen) atoms. The van der Waals surface area contributed by atoms with Gasteiger partial charge in [0.05, 0.1) is 6.61 Å². The van der Waals surface area contributed by atoms with Crippen molar-refractivity contribution in [2.75, 3.05) is 6.61 Å². The summed E-state index contributed by atoms with van der Waals surface area (Å²) in [5.41, 5.74) is 0. The molecule has 0 saturated heterocycles. The fourth-order valence-electron chi connectivity index (χ4n) is 2.06. The highest BCUT2D eigenvalue weighted by Gasteiger charge is 2.18. The summed E-state index contributed by atoms with van der Waals surface area (Å²) in [7, 11) is 0.